The quantitative estimate of drug-likeness (QED) is 0.894. The van der Waals surface area contributed by atoms with Gasteiger partial charge in [0.15, 0.2) is 5.79 Å². The predicted octanol–water partition coefficient (Wildman–Crippen LogP) is 2.93. The highest BCUT2D eigenvalue weighted by Gasteiger charge is 2.48. The van der Waals surface area contributed by atoms with Crippen molar-refractivity contribution in [3.05, 3.63) is 35.6 Å². The first-order valence-corrected chi connectivity index (χ1v) is 6.95. The second kappa shape index (κ2) is 5.19. The van der Waals surface area contributed by atoms with E-state index < -0.39 is 18.0 Å². The molecule has 1 aromatic rings. The molecule has 1 N–H and O–H groups in total. The molecule has 1 heterocycles. The Bertz CT molecular complexity index is 443. The molecule has 19 heavy (non-hydrogen) atoms. The van der Waals surface area contributed by atoms with Gasteiger partial charge in [-0.1, -0.05) is 24.6 Å². The van der Waals surface area contributed by atoms with Gasteiger partial charge in [0.05, 0.1) is 6.61 Å². The van der Waals surface area contributed by atoms with Crippen LogP contribution in [0.2, 0.25) is 0 Å². The summed E-state index contributed by atoms with van der Waals surface area (Å²) in [4.78, 5) is 0. The monoisotopic (exact) mass is 266 g/mol. The Morgan fingerprint density at radius 1 is 1.16 bits per heavy atom. The molecule has 1 aliphatic heterocycles. The molecular weight excluding hydrogens is 247 g/mol. The Balaban J connectivity index is 1.87. The summed E-state index contributed by atoms with van der Waals surface area (Å²) in [6.07, 6.45) is 3.97. The summed E-state index contributed by atoms with van der Waals surface area (Å²) >= 11 is 0. The van der Waals surface area contributed by atoms with Gasteiger partial charge in [-0.3, -0.25) is 0 Å². The lowest BCUT2D eigenvalue weighted by Crippen LogP contribution is -2.33. The third kappa shape index (κ3) is 2.40. The van der Waals surface area contributed by atoms with E-state index in [1.165, 1.54) is 12.5 Å². The molecule has 2 atom stereocenters. The summed E-state index contributed by atoms with van der Waals surface area (Å²) in [7, 11) is 0. The van der Waals surface area contributed by atoms with Crippen molar-refractivity contribution in [2.24, 2.45) is 0 Å². The van der Waals surface area contributed by atoms with Gasteiger partial charge in [-0.15, -0.1) is 0 Å². The summed E-state index contributed by atoms with van der Waals surface area (Å²) < 4.78 is 25.8. The first-order valence-electron chi connectivity index (χ1n) is 6.95. The maximum atomic E-state index is 13.9. The van der Waals surface area contributed by atoms with E-state index in [9.17, 15) is 9.50 Å². The molecule has 1 aromatic carbocycles. The maximum absolute atomic E-state index is 13.9. The van der Waals surface area contributed by atoms with E-state index in [4.69, 9.17) is 9.47 Å². The zero-order valence-electron chi connectivity index (χ0n) is 10.8. The zero-order valence-corrected chi connectivity index (χ0v) is 10.8. The Kier molecular flexibility index (Phi) is 3.56. The van der Waals surface area contributed by atoms with Gasteiger partial charge in [0.2, 0.25) is 0 Å². The van der Waals surface area contributed by atoms with Crippen LogP contribution in [0.1, 0.15) is 43.8 Å². The molecule has 2 unspecified atom stereocenters. The van der Waals surface area contributed by atoms with Gasteiger partial charge >= 0.3 is 0 Å². The van der Waals surface area contributed by atoms with E-state index in [0.717, 1.165) is 25.7 Å². The van der Waals surface area contributed by atoms with E-state index >= 15 is 0 Å². The standard InChI is InChI=1S/C15H19FO3/c16-12-7-3-2-6-11(12)14-13(10-17)18-15(19-14)8-4-1-5-9-15/h2-3,6-7,13-14,17H,1,4-5,8-10H2. The number of halogens is 1. The van der Waals surface area contributed by atoms with Crippen LogP contribution in [0.5, 0.6) is 0 Å². The molecule has 1 aliphatic carbocycles. The number of benzene rings is 1. The fourth-order valence-corrected chi connectivity index (χ4v) is 3.10. The summed E-state index contributed by atoms with van der Waals surface area (Å²) in [5, 5.41) is 9.48. The molecule has 3 nitrogen and oxygen atoms in total. The molecule has 2 fully saturated rings. The smallest absolute Gasteiger partial charge is 0.169 e. The fraction of sp³-hybridized carbons (Fsp3) is 0.600. The minimum absolute atomic E-state index is 0.152. The van der Waals surface area contributed by atoms with Crippen molar-refractivity contribution in [1.29, 1.82) is 0 Å². The van der Waals surface area contributed by atoms with Crippen LogP contribution in [0.4, 0.5) is 4.39 Å². The minimum atomic E-state index is -0.613. The van der Waals surface area contributed by atoms with Crippen LogP contribution in [0.25, 0.3) is 0 Å². The molecule has 0 radical (unpaired) electrons. The number of hydrogen-bond acceptors (Lipinski definition) is 3. The molecule has 3 rings (SSSR count). The molecule has 104 valence electrons. The van der Waals surface area contributed by atoms with E-state index in [0.29, 0.717) is 5.56 Å². The van der Waals surface area contributed by atoms with Gasteiger partial charge in [-0.2, -0.15) is 0 Å². The number of aliphatic hydroxyl groups is 1. The normalized spacial score (nSPS) is 29.8. The first-order chi connectivity index (χ1) is 9.24. The van der Waals surface area contributed by atoms with Crippen LogP contribution >= 0.6 is 0 Å². The highest BCUT2D eigenvalue weighted by molar-refractivity contribution is 5.22. The summed E-state index contributed by atoms with van der Waals surface area (Å²) in [6.45, 7) is -0.152. The molecule has 1 saturated heterocycles. The predicted molar refractivity (Wildman–Crippen MR) is 68.0 cm³/mol. The number of aliphatic hydroxyl groups excluding tert-OH is 1. The van der Waals surface area contributed by atoms with Crippen molar-refractivity contribution in [2.45, 2.75) is 50.1 Å². The van der Waals surface area contributed by atoms with E-state index in [1.807, 2.05) is 0 Å². The lowest BCUT2D eigenvalue weighted by atomic mass is 9.94. The summed E-state index contributed by atoms with van der Waals surface area (Å²) in [5.41, 5.74) is 0.476. The SMILES string of the molecule is OCC1OC2(CCCCC2)OC1c1ccccc1F. The Hall–Kier alpha value is -0.970. The second-order valence-electron chi connectivity index (χ2n) is 5.37. The topological polar surface area (TPSA) is 38.7 Å². The van der Waals surface area contributed by atoms with E-state index in [-0.39, 0.29) is 12.4 Å². The molecule has 4 heteroatoms. The largest absolute Gasteiger partial charge is 0.394 e. The molecule has 2 aliphatic rings. The Morgan fingerprint density at radius 3 is 2.58 bits per heavy atom. The van der Waals surface area contributed by atoms with Crippen molar-refractivity contribution >= 4 is 0 Å². The van der Waals surface area contributed by atoms with Gasteiger partial charge < -0.3 is 14.6 Å². The third-order valence-corrected chi connectivity index (χ3v) is 4.05. The molecule has 0 amide bonds. The lowest BCUT2D eigenvalue weighted by molar-refractivity contribution is -0.196. The third-order valence-electron chi connectivity index (χ3n) is 4.05. The van der Waals surface area contributed by atoms with E-state index in [2.05, 4.69) is 0 Å². The van der Waals surface area contributed by atoms with Crippen molar-refractivity contribution in [1.82, 2.24) is 0 Å². The van der Waals surface area contributed by atoms with Crippen LogP contribution in [0.15, 0.2) is 24.3 Å². The number of rotatable bonds is 2. The van der Waals surface area contributed by atoms with Crippen LogP contribution in [-0.2, 0) is 9.47 Å². The van der Waals surface area contributed by atoms with Crippen LogP contribution in [-0.4, -0.2) is 23.6 Å². The maximum Gasteiger partial charge on any atom is 0.169 e. The average molecular weight is 266 g/mol. The fourth-order valence-electron chi connectivity index (χ4n) is 3.10. The highest BCUT2D eigenvalue weighted by atomic mass is 19.1. The molecular formula is C15H19FO3. The lowest BCUT2D eigenvalue weighted by Gasteiger charge is -2.31. The molecule has 1 spiro atoms. The Labute approximate surface area is 112 Å². The first kappa shape index (κ1) is 13.0. The van der Waals surface area contributed by atoms with Crippen LogP contribution in [0.3, 0.4) is 0 Å². The number of ether oxygens (including phenoxy) is 2. The van der Waals surface area contributed by atoms with Crippen molar-refractivity contribution < 1.29 is 19.0 Å². The van der Waals surface area contributed by atoms with Gasteiger partial charge in [0.1, 0.15) is 18.0 Å². The zero-order chi connectivity index (χ0) is 13.3. The van der Waals surface area contributed by atoms with Crippen LogP contribution < -0.4 is 0 Å². The average Bonchev–Trinajstić information content (AvgIpc) is 2.78. The summed E-state index contributed by atoms with van der Waals surface area (Å²) in [5.74, 6) is -0.916. The highest BCUT2D eigenvalue weighted by Crippen LogP contribution is 2.46. The van der Waals surface area contributed by atoms with Gasteiger partial charge in [-0.05, 0) is 18.9 Å². The van der Waals surface area contributed by atoms with Crippen molar-refractivity contribution in [2.75, 3.05) is 6.61 Å². The van der Waals surface area contributed by atoms with Crippen molar-refractivity contribution in [3.8, 4) is 0 Å². The summed E-state index contributed by atoms with van der Waals surface area (Å²) in [6, 6.07) is 6.55. The van der Waals surface area contributed by atoms with Crippen LogP contribution in [0, 0.1) is 5.82 Å². The second-order valence-corrected chi connectivity index (χ2v) is 5.37. The van der Waals surface area contributed by atoms with E-state index in [1.54, 1.807) is 18.2 Å². The van der Waals surface area contributed by atoms with Gasteiger partial charge in [0, 0.05) is 18.4 Å². The minimum Gasteiger partial charge on any atom is -0.394 e. The molecule has 0 bridgehead atoms. The van der Waals surface area contributed by atoms with Crippen molar-refractivity contribution in [3.63, 3.8) is 0 Å². The van der Waals surface area contributed by atoms with Gasteiger partial charge in [-0.25, -0.2) is 4.39 Å². The Morgan fingerprint density at radius 2 is 1.89 bits per heavy atom. The molecule has 1 saturated carbocycles. The number of hydrogen-bond donors (Lipinski definition) is 1. The molecule has 0 aromatic heterocycles. The van der Waals surface area contributed by atoms with Gasteiger partial charge in [0.25, 0.3) is 0 Å².